The van der Waals surface area contributed by atoms with Crippen LogP contribution in [-0.4, -0.2) is 56.6 Å². The molecule has 0 fully saturated rings. The number of phenolic OH excluding ortho intramolecular Hbond substituents is 1. The van der Waals surface area contributed by atoms with Crippen molar-refractivity contribution >= 4 is 26.9 Å². The van der Waals surface area contributed by atoms with E-state index in [9.17, 15) is 13.5 Å². The zero-order valence-electron chi connectivity index (χ0n) is 26.2. The number of nitrogens with zero attached hydrogens (tertiary/aromatic N) is 2. The highest BCUT2D eigenvalue weighted by Crippen LogP contribution is 2.32. The fourth-order valence-electron chi connectivity index (χ4n) is 3.93. The first kappa shape index (κ1) is 37.9. The number of phenols is 1. The average molecular weight is 607 g/mol. The maximum Gasteiger partial charge on any atom is 0.190 e. The number of nitrogens with two attached hydrogens (primary N) is 1. The summed E-state index contributed by atoms with van der Waals surface area (Å²) in [4.78, 5) is 7.44. The molecule has 0 bridgehead atoms. The van der Waals surface area contributed by atoms with Crippen LogP contribution in [0.1, 0.15) is 63.8 Å². The van der Waals surface area contributed by atoms with Gasteiger partial charge in [0.1, 0.15) is 10.6 Å². The number of thiophene rings is 1. The van der Waals surface area contributed by atoms with Crippen molar-refractivity contribution < 1.29 is 18.6 Å². The molecule has 2 heterocycles. The Morgan fingerprint density at radius 1 is 1.17 bits per heavy atom. The third-order valence-electron chi connectivity index (χ3n) is 6.08. The highest BCUT2D eigenvalue weighted by atomic mass is 32.2. The molecule has 5 N–H and O–H groups in total. The van der Waals surface area contributed by atoms with Crippen LogP contribution in [0.25, 0.3) is 0 Å². The van der Waals surface area contributed by atoms with Crippen molar-refractivity contribution in [3.05, 3.63) is 76.7 Å². The number of rotatable bonds is 8. The van der Waals surface area contributed by atoms with E-state index < -0.39 is 9.84 Å². The van der Waals surface area contributed by atoms with Gasteiger partial charge in [-0.3, -0.25) is 0 Å². The number of sulfone groups is 1. The third kappa shape index (κ3) is 12.5. The quantitative estimate of drug-likeness (QED) is 0.268. The molecule has 8 nitrogen and oxygen atoms in total. The Morgan fingerprint density at radius 3 is 2.12 bits per heavy atom. The third-order valence-corrected chi connectivity index (χ3v) is 8.17. The maximum absolute atomic E-state index is 10.9. The van der Waals surface area contributed by atoms with Crippen molar-refractivity contribution in [3.8, 4) is 10.8 Å². The summed E-state index contributed by atoms with van der Waals surface area (Å²) >= 11 is 1.07. The van der Waals surface area contributed by atoms with E-state index in [-0.39, 0.29) is 15.7 Å². The molecule has 3 rings (SSSR count). The number of aryl methyl sites for hydroxylation is 1. The van der Waals surface area contributed by atoms with Gasteiger partial charge in [-0.2, -0.15) is 0 Å². The van der Waals surface area contributed by atoms with Crippen molar-refractivity contribution in [2.45, 2.75) is 65.2 Å². The van der Waals surface area contributed by atoms with E-state index in [1.54, 1.807) is 25.1 Å². The second-order valence-electron chi connectivity index (χ2n) is 9.53. The SMILES string of the molecule is C=C/C(NC)=C1/N=C(c2ccccc2O)C=C(C)N1C.CCCC(C)CCC.CN.Cc1cc(S(C)(=O)=O)c(O)s1. The van der Waals surface area contributed by atoms with Gasteiger partial charge < -0.3 is 26.2 Å². The molecule has 230 valence electrons. The molecule has 0 saturated carbocycles. The summed E-state index contributed by atoms with van der Waals surface area (Å²) in [6.45, 7) is 14.4. The normalized spacial score (nSPS) is 13.8. The number of hydrogen-bond acceptors (Lipinski definition) is 9. The largest absolute Gasteiger partial charge is 0.507 e. The van der Waals surface area contributed by atoms with Gasteiger partial charge in [-0.1, -0.05) is 65.2 Å². The fraction of sp³-hybridized carbons (Fsp3) is 0.452. The summed E-state index contributed by atoms with van der Waals surface area (Å²) in [7, 11) is 2.03. The first-order valence-corrected chi connectivity index (χ1v) is 16.4. The van der Waals surface area contributed by atoms with Gasteiger partial charge in [0.05, 0.1) is 11.4 Å². The van der Waals surface area contributed by atoms with Crippen molar-refractivity contribution in [1.82, 2.24) is 10.2 Å². The first-order chi connectivity index (χ1) is 19.3. The molecule has 41 heavy (non-hydrogen) atoms. The highest BCUT2D eigenvalue weighted by Gasteiger charge is 2.19. The van der Waals surface area contributed by atoms with E-state index in [4.69, 9.17) is 5.11 Å². The minimum Gasteiger partial charge on any atom is -0.507 e. The van der Waals surface area contributed by atoms with Crippen LogP contribution in [0.2, 0.25) is 0 Å². The van der Waals surface area contributed by atoms with E-state index >= 15 is 0 Å². The second kappa shape index (κ2) is 19.1. The summed E-state index contributed by atoms with van der Waals surface area (Å²) in [5.41, 5.74) is 7.84. The van der Waals surface area contributed by atoms with Gasteiger partial charge >= 0.3 is 0 Å². The van der Waals surface area contributed by atoms with Crippen LogP contribution in [0.4, 0.5) is 0 Å². The van der Waals surface area contributed by atoms with Crippen LogP contribution < -0.4 is 11.1 Å². The molecule has 2 aromatic rings. The highest BCUT2D eigenvalue weighted by molar-refractivity contribution is 7.91. The molecule has 0 unspecified atom stereocenters. The first-order valence-electron chi connectivity index (χ1n) is 13.7. The van der Waals surface area contributed by atoms with Crippen LogP contribution >= 0.6 is 11.3 Å². The molecule has 0 radical (unpaired) electrons. The Kier molecular flexibility index (Phi) is 17.7. The lowest BCUT2D eigenvalue weighted by Crippen LogP contribution is -2.24. The van der Waals surface area contributed by atoms with Gasteiger partial charge in [0, 0.05) is 36.5 Å². The Morgan fingerprint density at radius 2 is 1.73 bits per heavy atom. The van der Waals surface area contributed by atoms with Gasteiger partial charge in [-0.15, -0.1) is 11.3 Å². The monoisotopic (exact) mass is 606 g/mol. The van der Waals surface area contributed by atoms with E-state index in [0.717, 1.165) is 56.9 Å². The van der Waals surface area contributed by atoms with Gasteiger partial charge in [0.25, 0.3) is 0 Å². The molecule has 0 atom stereocenters. The van der Waals surface area contributed by atoms with Gasteiger partial charge in [-0.05, 0) is 57.2 Å². The Hall–Kier alpha value is -3.08. The van der Waals surface area contributed by atoms with Crippen LogP contribution in [0.3, 0.4) is 0 Å². The molecule has 0 aliphatic carbocycles. The summed E-state index contributed by atoms with van der Waals surface area (Å²) < 4.78 is 21.8. The lowest BCUT2D eigenvalue weighted by atomic mass is 10.0. The zero-order valence-corrected chi connectivity index (χ0v) is 27.8. The molecule has 0 saturated heterocycles. The summed E-state index contributed by atoms with van der Waals surface area (Å²) in [6.07, 6.45) is 10.3. The van der Waals surface area contributed by atoms with E-state index in [0.29, 0.717) is 0 Å². The van der Waals surface area contributed by atoms with Crippen molar-refractivity contribution in [3.63, 3.8) is 0 Å². The van der Waals surface area contributed by atoms with Crippen molar-refractivity contribution in [2.75, 3.05) is 27.4 Å². The topological polar surface area (TPSA) is 128 Å². The summed E-state index contributed by atoms with van der Waals surface area (Å²) in [5.74, 6) is 1.97. The van der Waals surface area contributed by atoms with Crippen LogP contribution in [0.5, 0.6) is 10.8 Å². The Balaban J connectivity index is 0.000000642. The number of para-hydroxylation sites is 1. The molecular formula is C31H50N4O4S2. The number of likely N-dealkylation sites (N-methyl/N-ethyl adjacent to an activating group) is 1. The molecule has 10 heteroatoms. The molecular weight excluding hydrogens is 556 g/mol. The summed E-state index contributed by atoms with van der Waals surface area (Å²) in [5, 5.41) is 22.0. The van der Waals surface area contributed by atoms with Gasteiger partial charge in [-0.25, -0.2) is 13.4 Å². The molecule has 1 aliphatic heterocycles. The molecule has 1 aliphatic rings. The van der Waals surface area contributed by atoms with E-state index in [1.165, 1.54) is 38.8 Å². The average Bonchev–Trinajstić information content (AvgIpc) is 3.28. The minimum atomic E-state index is -3.25. The molecule has 0 amide bonds. The smallest absolute Gasteiger partial charge is 0.190 e. The number of hydrogen-bond donors (Lipinski definition) is 4. The van der Waals surface area contributed by atoms with Crippen LogP contribution in [0, 0.1) is 12.8 Å². The Labute approximate surface area is 251 Å². The molecule has 1 aromatic carbocycles. The number of nitrogens with one attached hydrogen (secondary N) is 1. The van der Waals surface area contributed by atoms with Crippen molar-refractivity contribution in [1.29, 1.82) is 0 Å². The lowest BCUT2D eigenvalue weighted by molar-refractivity contribution is 0.473. The predicted octanol–water partition coefficient (Wildman–Crippen LogP) is 6.57. The lowest BCUT2D eigenvalue weighted by Gasteiger charge is -2.27. The zero-order chi connectivity index (χ0) is 31.8. The number of aromatic hydroxyl groups is 2. The molecule has 0 spiro atoms. The maximum atomic E-state index is 10.9. The van der Waals surface area contributed by atoms with Gasteiger partial charge in [0.2, 0.25) is 0 Å². The van der Waals surface area contributed by atoms with Crippen LogP contribution in [0.15, 0.2) is 76.2 Å². The Bertz CT molecular complexity index is 1290. The van der Waals surface area contributed by atoms with E-state index in [2.05, 4.69) is 43.4 Å². The van der Waals surface area contributed by atoms with Crippen LogP contribution in [-0.2, 0) is 9.84 Å². The molecule has 1 aromatic heterocycles. The standard InChI is InChI=1S/C16H19N3O.C8H18.C6H8O3S2.CH5N/c1-5-13(17-3)16-18-14(10-11(2)19(16)4)12-8-6-7-9-15(12)20;1-4-6-8(3)7-5-2;1-4-3-5(6(7)10-4)11(2,8)9;1-2/h5-10,17,20H,1H2,2-4H3;8H,4-7H2,1-3H3;3,7H,1-2H3;2H2,1H3/b16-13+;;;. The number of aliphatic imine (C=N–C) groups is 1. The fourth-order valence-corrected chi connectivity index (χ4v) is 5.93. The second-order valence-corrected chi connectivity index (χ2v) is 12.8. The van der Waals surface area contributed by atoms with Crippen molar-refractivity contribution in [2.24, 2.45) is 16.6 Å². The minimum absolute atomic E-state index is 0.0278. The predicted molar refractivity (Wildman–Crippen MR) is 175 cm³/mol. The number of allylic oxidation sites excluding steroid dienone is 3. The van der Waals surface area contributed by atoms with E-state index in [1.807, 2.05) is 44.1 Å². The summed E-state index contributed by atoms with van der Waals surface area (Å²) in [6, 6.07) is 8.66. The van der Waals surface area contributed by atoms with Gasteiger partial charge in [0.15, 0.2) is 20.7 Å². The number of benzene rings is 1.